The maximum Gasteiger partial charge on any atom is 0.264 e. The van der Waals surface area contributed by atoms with E-state index in [0.29, 0.717) is 5.69 Å². The fourth-order valence-corrected chi connectivity index (χ4v) is 5.43. The molecule has 0 aliphatic heterocycles. The molecule has 1 amide bonds. The molecule has 2 N–H and O–H groups in total. The zero-order valence-corrected chi connectivity index (χ0v) is 16.2. The van der Waals surface area contributed by atoms with Gasteiger partial charge in [-0.3, -0.25) is 9.52 Å². The van der Waals surface area contributed by atoms with Crippen molar-refractivity contribution in [3.8, 4) is 0 Å². The summed E-state index contributed by atoms with van der Waals surface area (Å²) in [6, 6.07) is 16.4. The summed E-state index contributed by atoms with van der Waals surface area (Å²) in [6.45, 7) is 0. The minimum atomic E-state index is -3.99. The Morgan fingerprint density at radius 2 is 1.62 bits per heavy atom. The van der Waals surface area contributed by atoms with Crippen LogP contribution in [-0.4, -0.2) is 14.3 Å². The summed E-state index contributed by atoms with van der Waals surface area (Å²) in [5.41, 5.74) is 0.916. The number of anilines is 2. The molecule has 0 aliphatic rings. The SMILES string of the molecule is O=C(Nc1ccccc1)c1ccccc1NS(=O)(=O)c1cc(Cl)sc1Cl. The number of benzene rings is 2. The van der Waals surface area contributed by atoms with E-state index in [1.165, 1.54) is 18.2 Å². The van der Waals surface area contributed by atoms with Gasteiger partial charge in [-0.2, -0.15) is 0 Å². The number of thiophene rings is 1. The van der Waals surface area contributed by atoms with E-state index in [0.717, 1.165) is 11.3 Å². The van der Waals surface area contributed by atoms with Crippen LogP contribution >= 0.6 is 34.5 Å². The van der Waals surface area contributed by atoms with Gasteiger partial charge in [0.1, 0.15) is 9.23 Å². The number of rotatable bonds is 5. The molecule has 9 heteroatoms. The third kappa shape index (κ3) is 4.19. The van der Waals surface area contributed by atoms with Gasteiger partial charge in [0.15, 0.2) is 0 Å². The van der Waals surface area contributed by atoms with Gasteiger partial charge < -0.3 is 5.32 Å². The van der Waals surface area contributed by atoms with E-state index in [1.54, 1.807) is 36.4 Å². The molecule has 26 heavy (non-hydrogen) atoms. The molecule has 0 bridgehead atoms. The summed E-state index contributed by atoms with van der Waals surface area (Å²) in [7, 11) is -3.99. The molecule has 3 aromatic rings. The summed E-state index contributed by atoms with van der Waals surface area (Å²) < 4.78 is 27.9. The molecule has 0 saturated heterocycles. The highest BCUT2D eigenvalue weighted by Gasteiger charge is 2.23. The predicted molar refractivity (Wildman–Crippen MR) is 106 cm³/mol. The van der Waals surface area contributed by atoms with Crippen molar-refractivity contribution >= 4 is 61.8 Å². The van der Waals surface area contributed by atoms with Gasteiger partial charge in [-0.05, 0) is 30.3 Å². The van der Waals surface area contributed by atoms with Crippen molar-refractivity contribution in [1.82, 2.24) is 0 Å². The number of nitrogens with one attached hydrogen (secondary N) is 2. The second-order valence-corrected chi connectivity index (χ2v) is 9.10. The maximum absolute atomic E-state index is 12.6. The fourth-order valence-electron chi connectivity index (χ4n) is 2.20. The van der Waals surface area contributed by atoms with E-state index in [4.69, 9.17) is 23.2 Å². The highest BCUT2D eigenvalue weighted by atomic mass is 35.5. The summed E-state index contributed by atoms with van der Waals surface area (Å²) in [5, 5.41) is 2.72. The van der Waals surface area contributed by atoms with Crippen LogP contribution in [0.2, 0.25) is 8.67 Å². The van der Waals surface area contributed by atoms with Crippen LogP contribution in [0, 0.1) is 0 Å². The number of para-hydroxylation sites is 2. The van der Waals surface area contributed by atoms with Crippen molar-refractivity contribution in [3.05, 3.63) is 74.9 Å². The second kappa shape index (κ2) is 7.67. The first-order valence-electron chi connectivity index (χ1n) is 7.30. The third-order valence-electron chi connectivity index (χ3n) is 3.36. The molecule has 0 radical (unpaired) electrons. The monoisotopic (exact) mass is 426 g/mol. The average molecular weight is 427 g/mol. The van der Waals surface area contributed by atoms with E-state index >= 15 is 0 Å². The number of hydrogen-bond donors (Lipinski definition) is 2. The summed E-state index contributed by atoms with van der Waals surface area (Å²) >= 11 is 12.7. The topological polar surface area (TPSA) is 75.3 Å². The lowest BCUT2D eigenvalue weighted by Gasteiger charge is -2.12. The minimum absolute atomic E-state index is 0.0497. The molecular formula is C17H12Cl2N2O3S2. The largest absolute Gasteiger partial charge is 0.322 e. The van der Waals surface area contributed by atoms with Crippen molar-refractivity contribution in [3.63, 3.8) is 0 Å². The molecule has 2 aromatic carbocycles. The van der Waals surface area contributed by atoms with E-state index in [1.807, 2.05) is 6.07 Å². The first-order valence-corrected chi connectivity index (χ1v) is 10.4. The number of amides is 1. The van der Waals surface area contributed by atoms with Gasteiger partial charge in [0.2, 0.25) is 0 Å². The van der Waals surface area contributed by atoms with E-state index in [9.17, 15) is 13.2 Å². The van der Waals surface area contributed by atoms with E-state index < -0.39 is 15.9 Å². The van der Waals surface area contributed by atoms with Gasteiger partial charge in [-0.1, -0.05) is 53.5 Å². The van der Waals surface area contributed by atoms with Crippen LogP contribution in [0.1, 0.15) is 10.4 Å². The van der Waals surface area contributed by atoms with Crippen molar-refractivity contribution < 1.29 is 13.2 Å². The van der Waals surface area contributed by atoms with Crippen LogP contribution in [0.25, 0.3) is 0 Å². The number of sulfonamides is 1. The molecule has 0 atom stereocenters. The van der Waals surface area contributed by atoms with E-state index in [-0.39, 0.29) is 24.8 Å². The number of hydrogen-bond acceptors (Lipinski definition) is 4. The van der Waals surface area contributed by atoms with E-state index in [2.05, 4.69) is 10.0 Å². The second-order valence-electron chi connectivity index (χ2n) is 5.16. The quantitative estimate of drug-likeness (QED) is 0.594. The molecule has 1 heterocycles. The van der Waals surface area contributed by atoms with Crippen molar-refractivity contribution in [2.24, 2.45) is 0 Å². The lowest BCUT2D eigenvalue weighted by Crippen LogP contribution is -2.18. The van der Waals surface area contributed by atoms with Gasteiger partial charge >= 0.3 is 0 Å². The molecule has 3 rings (SSSR count). The van der Waals surface area contributed by atoms with Crippen LogP contribution in [0.3, 0.4) is 0 Å². The van der Waals surface area contributed by atoms with Crippen molar-refractivity contribution in [2.45, 2.75) is 4.90 Å². The number of halogens is 2. The molecule has 1 aromatic heterocycles. The molecule has 0 unspecified atom stereocenters. The van der Waals surface area contributed by atoms with Crippen LogP contribution in [0.5, 0.6) is 0 Å². The van der Waals surface area contributed by atoms with Gasteiger partial charge in [0.05, 0.1) is 15.6 Å². The number of carbonyl (C=O) groups excluding carboxylic acids is 1. The highest BCUT2D eigenvalue weighted by molar-refractivity contribution is 7.93. The van der Waals surface area contributed by atoms with Crippen LogP contribution in [0.15, 0.2) is 65.6 Å². The Balaban J connectivity index is 1.90. The van der Waals surface area contributed by atoms with Crippen molar-refractivity contribution in [1.29, 1.82) is 0 Å². The number of carbonyl (C=O) groups is 1. The Kier molecular flexibility index (Phi) is 5.52. The molecular weight excluding hydrogens is 415 g/mol. The standard InChI is InChI=1S/C17H12Cl2N2O3S2/c18-15-10-14(16(19)25-15)26(23,24)21-13-9-5-4-8-12(13)17(22)20-11-6-2-1-3-7-11/h1-10,21H,(H,20,22). The summed E-state index contributed by atoms with van der Waals surface area (Å²) in [4.78, 5) is 12.4. The smallest absolute Gasteiger partial charge is 0.264 e. The molecule has 0 aliphatic carbocycles. The van der Waals surface area contributed by atoms with Crippen LogP contribution < -0.4 is 10.0 Å². The van der Waals surface area contributed by atoms with Gasteiger partial charge in [0, 0.05) is 5.69 Å². The third-order valence-corrected chi connectivity index (χ3v) is 6.48. The van der Waals surface area contributed by atoms with Gasteiger partial charge in [-0.25, -0.2) is 8.42 Å². The molecule has 134 valence electrons. The first kappa shape index (κ1) is 18.7. The lowest BCUT2D eigenvalue weighted by molar-refractivity contribution is 0.102. The molecule has 0 fully saturated rings. The molecule has 0 spiro atoms. The zero-order valence-electron chi connectivity index (χ0n) is 13.1. The van der Waals surface area contributed by atoms with Gasteiger partial charge in [-0.15, -0.1) is 11.3 Å². The van der Waals surface area contributed by atoms with Crippen molar-refractivity contribution in [2.75, 3.05) is 10.0 Å². The Bertz CT molecular complexity index is 1050. The fraction of sp³-hybridized carbons (Fsp3) is 0. The summed E-state index contributed by atoms with van der Waals surface area (Å²) in [5.74, 6) is -0.441. The zero-order chi connectivity index (χ0) is 18.7. The normalized spacial score (nSPS) is 11.2. The van der Waals surface area contributed by atoms with Crippen LogP contribution in [-0.2, 0) is 10.0 Å². The molecule has 5 nitrogen and oxygen atoms in total. The Morgan fingerprint density at radius 3 is 2.27 bits per heavy atom. The predicted octanol–water partition coefficient (Wildman–Crippen LogP) is 5.11. The average Bonchev–Trinajstić information content (AvgIpc) is 2.95. The Morgan fingerprint density at radius 1 is 0.962 bits per heavy atom. The minimum Gasteiger partial charge on any atom is -0.322 e. The maximum atomic E-state index is 12.6. The lowest BCUT2D eigenvalue weighted by atomic mass is 10.1. The first-order chi connectivity index (χ1) is 12.4. The summed E-state index contributed by atoms with van der Waals surface area (Å²) in [6.07, 6.45) is 0. The highest BCUT2D eigenvalue weighted by Crippen LogP contribution is 2.35. The Hall–Kier alpha value is -2.06. The Labute approximate surface area is 164 Å². The van der Waals surface area contributed by atoms with Gasteiger partial charge in [0.25, 0.3) is 15.9 Å². The molecule has 0 saturated carbocycles. The van der Waals surface area contributed by atoms with Crippen LogP contribution in [0.4, 0.5) is 11.4 Å².